The van der Waals surface area contributed by atoms with Crippen LogP contribution in [0.4, 0.5) is 0 Å². The Labute approximate surface area is 78.2 Å². The van der Waals surface area contributed by atoms with Crippen molar-refractivity contribution in [2.24, 2.45) is 0 Å². The van der Waals surface area contributed by atoms with Gasteiger partial charge in [0.1, 0.15) is 0 Å². The molecule has 0 aliphatic rings. The topological polar surface area (TPSA) is 112 Å². The molecule has 1 heterocycles. The van der Waals surface area contributed by atoms with Gasteiger partial charge in [0, 0.05) is 0 Å². The van der Waals surface area contributed by atoms with Crippen LogP contribution >= 0.6 is 0 Å². The van der Waals surface area contributed by atoms with Crippen molar-refractivity contribution in [2.75, 3.05) is 0 Å². The van der Waals surface area contributed by atoms with Crippen LogP contribution in [0.25, 0.3) is 0 Å². The molecule has 0 saturated heterocycles. The van der Waals surface area contributed by atoms with Gasteiger partial charge in [-0.3, -0.25) is 0 Å². The van der Waals surface area contributed by atoms with E-state index in [1.165, 1.54) is 0 Å². The molecule has 0 unspecified atom stereocenters. The summed E-state index contributed by atoms with van der Waals surface area (Å²) in [5.41, 5.74) is 0. The van der Waals surface area contributed by atoms with E-state index in [0.29, 0.717) is 0 Å². The van der Waals surface area contributed by atoms with Crippen LogP contribution in [-0.2, 0) is 10.1 Å². The van der Waals surface area contributed by atoms with Gasteiger partial charge < -0.3 is 4.55 Å². The SMILES string of the molecule is O=S(=O)([O-])c1nn[nH]n1.[Na+]. The Hall–Kier alpha value is -0.0200. The number of hydrogen-bond acceptors (Lipinski definition) is 6. The summed E-state index contributed by atoms with van der Waals surface area (Å²) in [6.07, 6.45) is 0. The van der Waals surface area contributed by atoms with Crippen LogP contribution in [0.5, 0.6) is 0 Å². The van der Waals surface area contributed by atoms with Gasteiger partial charge in [0.05, 0.1) is 0 Å². The van der Waals surface area contributed by atoms with Gasteiger partial charge >= 0.3 is 29.6 Å². The summed E-state index contributed by atoms with van der Waals surface area (Å²) >= 11 is 0. The number of nitrogens with zero attached hydrogens (tertiary/aromatic N) is 3. The monoisotopic (exact) mass is 172 g/mol. The van der Waals surface area contributed by atoms with E-state index in [2.05, 4.69) is 15.4 Å². The van der Waals surface area contributed by atoms with Gasteiger partial charge in [-0.25, -0.2) is 8.42 Å². The third kappa shape index (κ3) is 2.31. The Morgan fingerprint density at radius 3 is 2.30 bits per heavy atom. The van der Waals surface area contributed by atoms with E-state index in [-0.39, 0.29) is 29.6 Å². The molecule has 1 rings (SSSR count). The molecule has 0 aromatic carbocycles. The van der Waals surface area contributed by atoms with Crippen molar-refractivity contribution >= 4 is 10.1 Å². The third-order valence-corrected chi connectivity index (χ3v) is 1.17. The quantitative estimate of drug-likeness (QED) is 0.335. The molecule has 0 bridgehead atoms. The average molecular weight is 172 g/mol. The summed E-state index contributed by atoms with van der Waals surface area (Å²) < 4.78 is 29.9. The minimum Gasteiger partial charge on any atom is -0.742 e. The molecule has 50 valence electrons. The molecule has 0 radical (unpaired) electrons. The van der Waals surface area contributed by atoms with E-state index in [1.54, 1.807) is 0 Å². The van der Waals surface area contributed by atoms with E-state index >= 15 is 0 Å². The number of aromatic nitrogens is 4. The summed E-state index contributed by atoms with van der Waals surface area (Å²) in [4.78, 5) is 0. The van der Waals surface area contributed by atoms with Gasteiger partial charge in [0.25, 0.3) is 5.16 Å². The zero-order valence-corrected chi connectivity index (χ0v) is 7.79. The first kappa shape index (κ1) is 9.98. The number of tetrazole rings is 1. The molecular weight excluding hydrogens is 171 g/mol. The average Bonchev–Trinajstić information content (AvgIpc) is 2.08. The van der Waals surface area contributed by atoms with Crippen molar-refractivity contribution in [3.05, 3.63) is 0 Å². The molecule has 0 aliphatic carbocycles. The molecule has 0 amide bonds. The predicted octanol–water partition coefficient (Wildman–Crippen LogP) is -4.89. The Kier molecular flexibility index (Phi) is 3.39. The van der Waals surface area contributed by atoms with Crippen LogP contribution in [-0.4, -0.2) is 33.6 Å². The number of nitrogens with one attached hydrogen (secondary N) is 1. The van der Waals surface area contributed by atoms with Crippen LogP contribution in [0.1, 0.15) is 0 Å². The van der Waals surface area contributed by atoms with Crippen LogP contribution < -0.4 is 29.6 Å². The van der Waals surface area contributed by atoms with Crippen LogP contribution in [0.15, 0.2) is 5.16 Å². The van der Waals surface area contributed by atoms with Crippen molar-refractivity contribution in [3.8, 4) is 0 Å². The van der Waals surface area contributed by atoms with Gasteiger partial charge in [-0.05, 0) is 5.21 Å². The van der Waals surface area contributed by atoms with E-state index in [1.807, 2.05) is 5.21 Å². The molecule has 0 aliphatic heterocycles. The molecule has 10 heavy (non-hydrogen) atoms. The first-order chi connectivity index (χ1) is 4.11. The summed E-state index contributed by atoms with van der Waals surface area (Å²) in [5, 5.41) is 9.75. The fourth-order valence-corrected chi connectivity index (χ4v) is 0.552. The smallest absolute Gasteiger partial charge is 0.742 e. The normalized spacial score (nSPS) is 10.5. The number of H-pyrrole nitrogens is 1. The summed E-state index contributed by atoms with van der Waals surface area (Å²) in [5.74, 6) is 0. The Balaban J connectivity index is 0.000000810. The fraction of sp³-hybridized carbons (Fsp3) is 0. The first-order valence-corrected chi connectivity index (χ1v) is 3.21. The predicted molar refractivity (Wildman–Crippen MR) is 22.1 cm³/mol. The van der Waals surface area contributed by atoms with E-state index < -0.39 is 15.3 Å². The molecule has 1 aromatic heterocycles. The standard InChI is InChI=1S/CH2N4O3S.Na/c6-9(7,8)1-2-4-5-3-1;/h(H,6,7,8)(H,2,3,4,5);/q;+1/p-1. The van der Waals surface area contributed by atoms with Crippen molar-refractivity contribution in [3.63, 3.8) is 0 Å². The van der Waals surface area contributed by atoms with Crippen LogP contribution in [0, 0.1) is 0 Å². The second-order valence-corrected chi connectivity index (χ2v) is 2.42. The molecular formula is CHN4NaO3S. The summed E-state index contributed by atoms with van der Waals surface area (Å²) in [6, 6.07) is 0. The van der Waals surface area contributed by atoms with Gasteiger partial charge in [-0.1, -0.05) is 5.10 Å². The largest absolute Gasteiger partial charge is 1.00 e. The maximum absolute atomic E-state index is 9.95. The molecule has 0 fully saturated rings. The van der Waals surface area contributed by atoms with Gasteiger partial charge in [-0.15, -0.1) is 5.10 Å². The maximum atomic E-state index is 9.95. The molecule has 7 nitrogen and oxygen atoms in total. The second kappa shape index (κ2) is 3.39. The summed E-state index contributed by atoms with van der Waals surface area (Å²) in [6.45, 7) is 0. The van der Waals surface area contributed by atoms with Gasteiger partial charge in [0.15, 0.2) is 10.1 Å². The number of aromatic amines is 1. The Bertz CT molecular complexity index is 277. The number of rotatable bonds is 1. The fourth-order valence-electron chi connectivity index (χ4n) is 0.259. The summed E-state index contributed by atoms with van der Waals surface area (Å²) in [7, 11) is -4.53. The zero-order valence-electron chi connectivity index (χ0n) is 4.97. The van der Waals surface area contributed by atoms with Crippen LogP contribution in [0.2, 0.25) is 0 Å². The molecule has 0 spiro atoms. The maximum Gasteiger partial charge on any atom is 1.00 e. The van der Waals surface area contributed by atoms with Crippen LogP contribution in [0.3, 0.4) is 0 Å². The second-order valence-electron chi connectivity index (χ2n) is 1.15. The van der Waals surface area contributed by atoms with Crippen molar-refractivity contribution in [1.82, 2.24) is 20.6 Å². The first-order valence-electron chi connectivity index (χ1n) is 1.80. The van der Waals surface area contributed by atoms with Crippen molar-refractivity contribution < 1.29 is 42.5 Å². The van der Waals surface area contributed by atoms with Crippen molar-refractivity contribution in [2.45, 2.75) is 5.16 Å². The van der Waals surface area contributed by atoms with Gasteiger partial charge in [-0.2, -0.15) is 5.21 Å². The van der Waals surface area contributed by atoms with E-state index in [0.717, 1.165) is 0 Å². The molecule has 0 saturated carbocycles. The van der Waals surface area contributed by atoms with Gasteiger partial charge in [0.2, 0.25) is 0 Å². The third-order valence-electron chi connectivity index (χ3n) is 0.550. The Morgan fingerprint density at radius 1 is 1.50 bits per heavy atom. The molecule has 1 aromatic rings. The minimum absolute atomic E-state index is 0. The minimum atomic E-state index is -4.53. The Morgan fingerprint density at radius 2 is 2.10 bits per heavy atom. The molecule has 0 atom stereocenters. The van der Waals surface area contributed by atoms with E-state index in [9.17, 15) is 13.0 Å². The number of hydrogen-bond donors (Lipinski definition) is 1. The molecule has 1 N–H and O–H groups in total. The molecule has 9 heteroatoms. The zero-order chi connectivity index (χ0) is 6.91. The van der Waals surface area contributed by atoms with Crippen molar-refractivity contribution in [1.29, 1.82) is 0 Å². The van der Waals surface area contributed by atoms with E-state index in [4.69, 9.17) is 0 Å².